The normalized spacial score (nSPS) is 27.9. The summed E-state index contributed by atoms with van der Waals surface area (Å²) in [6.07, 6.45) is 10.0. The third-order valence-electron chi connectivity index (χ3n) is 4.50. The Hall–Kier alpha value is -1.31. The lowest BCUT2D eigenvalue weighted by Gasteiger charge is -2.39. The first kappa shape index (κ1) is 24.7. The van der Waals surface area contributed by atoms with Crippen molar-refractivity contribution in [3.63, 3.8) is 0 Å². The van der Waals surface area contributed by atoms with Gasteiger partial charge in [0.15, 0.2) is 5.79 Å². The van der Waals surface area contributed by atoms with E-state index in [2.05, 4.69) is 24.4 Å². The molecular weight excluding hydrogens is 378 g/mol. The Bertz CT molecular complexity index is 563. The first-order valence-corrected chi connectivity index (χ1v) is 11.2. The lowest BCUT2D eigenvalue weighted by Crippen LogP contribution is -2.56. The first-order chi connectivity index (χ1) is 13.4. The van der Waals surface area contributed by atoms with Gasteiger partial charge in [0, 0.05) is 24.7 Å². The number of aliphatic hydroxyl groups is 1. The van der Waals surface area contributed by atoms with Crippen LogP contribution in [-0.4, -0.2) is 46.6 Å². The maximum absolute atomic E-state index is 12.1. The van der Waals surface area contributed by atoms with Gasteiger partial charge in [-0.15, -0.1) is 0 Å². The quantitative estimate of drug-likeness (QED) is 0.350. The SMILES string of the molecule is CC.CCC/C=C/CC/C(C)=C\C(=O)OC1CCOC(O)(C2CSC(=O)N2)C1. The highest BCUT2D eigenvalue weighted by Crippen LogP contribution is 2.32. The van der Waals surface area contributed by atoms with E-state index in [0.717, 1.165) is 43.0 Å². The Morgan fingerprint density at radius 3 is 2.75 bits per heavy atom. The fourth-order valence-electron chi connectivity index (χ4n) is 3.01. The van der Waals surface area contributed by atoms with Crippen LogP contribution in [0.2, 0.25) is 0 Å². The van der Waals surface area contributed by atoms with Crippen LogP contribution < -0.4 is 5.32 Å². The molecule has 2 fully saturated rings. The van der Waals surface area contributed by atoms with Crippen molar-refractivity contribution in [2.24, 2.45) is 0 Å². The second-order valence-corrected chi connectivity index (χ2v) is 7.82. The lowest BCUT2D eigenvalue weighted by atomic mass is 9.96. The molecule has 0 aromatic rings. The Labute approximate surface area is 173 Å². The summed E-state index contributed by atoms with van der Waals surface area (Å²) in [5.41, 5.74) is 0.970. The maximum Gasteiger partial charge on any atom is 0.330 e. The molecule has 0 spiro atoms. The number of carbonyl (C=O) groups excluding carboxylic acids is 2. The molecule has 2 aliphatic rings. The van der Waals surface area contributed by atoms with Crippen LogP contribution in [0.5, 0.6) is 0 Å². The van der Waals surface area contributed by atoms with E-state index in [0.29, 0.717) is 12.2 Å². The van der Waals surface area contributed by atoms with E-state index in [1.807, 2.05) is 20.8 Å². The highest BCUT2D eigenvalue weighted by atomic mass is 32.2. The van der Waals surface area contributed by atoms with E-state index in [1.165, 1.54) is 6.08 Å². The summed E-state index contributed by atoms with van der Waals surface area (Å²) < 4.78 is 11.0. The Morgan fingerprint density at radius 2 is 2.11 bits per heavy atom. The second-order valence-electron chi connectivity index (χ2n) is 6.83. The van der Waals surface area contributed by atoms with Crippen LogP contribution in [0.25, 0.3) is 0 Å². The van der Waals surface area contributed by atoms with E-state index < -0.39 is 17.9 Å². The number of ether oxygens (including phenoxy) is 2. The van der Waals surface area contributed by atoms with Gasteiger partial charge in [-0.2, -0.15) is 0 Å². The lowest BCUT2D eigenvalue weighted by molar-refractivity contribution is -0.256. The van der Waals surface area contributed by atoms with Crippen LogP contribution in [0.15, 0.2) is 23.8 Å². The van der Waals surface area contributed by atoms with Crippen LogP contribution in [0.4, 0.5) is 4.79 Å². The summed E-state index contributed by atoms with van der Waals surface area (Å²) in [4.78, 5) is 23.5. The Kier molecular flexibility index (Phi) is 11.5. The monoisotopic (exact) mass is 413 g/mol. The van der Waals surface area contributed by atoms with E-state index in [9.17, 15) is 14.7 Å². The zero-order valence-electron chi connectivity index (χ0n) is 17.5. The van der Waals surface area contributed by atoms with Crippen LogP contribution in [0.1, 0.15) is 66.2 Å². The molecule has 2 saturated heterocycles. The van der Waals surface area contributed by atoms with Gasteiger partial charge in [-0.25, -0.2) is 4.79 Å². The summed E-state index contributed by atoms with van der Waals surface area (Å²) in [7, 11) is 0. The molecule has 0 radical (unpaired) electrons. The zero-order valence-corrected chi connectivity index (χ0v) is 18.3. The molecule has 7 heteroatoms. The molecule has 3 atom stereocenters. The van der Waals surface area contributed by atoms with Crippen LogP contribution >= 0.6 is 11.8 Å². The molecule has 2 N–H and O–H groups in total. The smallest absolute Gasteiger partial charge is 0.330 e. The number of esters is 1. The van der Waals surface area contributed by atoms with Crippen molar-refractivity contribution < 1.29 is 24.2 Å². The Balaban J connectivity index is 0.00000190. The van der Waals surface area contributed by atoms with Gasteiger partial charge in [0.1, 0.15) is 6.10 Å². The number of hydrogen-bond donors (Lipinski definition) is 2. The molecule has 28 heavy (non-hydrogen) atoms. The van der Waals surface area contributed by atoms with Gasteiger partial charge in [-0.05, 0) is 26.2 Å². The fourth-order valence-corrected chi connectivity index (χ4v) is 3.90. The first-order valence-electron chi connectivity index (χ1n) is 10.3. The number of rotatable bonds is 8. The third-order valence-corrected chi connectivity index (χ3v) is 5.38. The average Bonchev–Trinajstić information content (AvgIpc) is 3.10. The van der Waals surface area contributed by atoms with Crippen molar-refractivity contribution in [3.05, 3.63) is 23.8 Å². The molecule has 0 aromatic heterocycles. The molecule has 2 aliphatic heterocycles. The minimum absolute atomic E-state index is 0.164. The van der Waals surface area contributed by atoms with Gasteiger partial charge < -0.3 is 19.9 Å². The van der Waals surface area contributed by atoms with Crippen molar-refractivity contribution >= 4 is 23.0 Å². The zero-order chi connectivity index (χ0) is 21.0. The summed E-state index contributed by atoms with van der Waals surface area (Å²) >= 11 is 1.12. The topological polar surface area (TPSA) is 84.9 Å². The largest absolute Gasteiger partial charge is 0.459 e. The molecule has 2 rings (SSSR count). The number of amides is 1. The van der Waals surface area contributed by atoms with Gasteiger partial charge in [0.25, 0.3) is 5.24 Å². The van der Waals surface area contributed by atoms with Crippen molar-refractivity contribution in [2.45, 2.75) is 84.2 Å². The van der Waals surface area contributed by atoms with E-state index in [4.69, 9.17) is 9.47 Å². The molecule has 3 unspecified atom stereocenters. The molecule has 0 aliphatic carbocycles. The molecule has 1 amide bonds. The predicted octanol–water partition coefficient (Wildman–Crippen LogP) is 4.33. The number of unbranched alkanes of at least 4 members (excludes halogenated alkanes) is 1. The number of nitrogens with one attached hydrogen (secondary N) is 1. The van der Waals surface area contributed by atoms with Gasteiger partial charge in [-0.3, -0.25) is 4.79 Å². The summed E-state index contributed by atoms with van der Waals surface area (Å²) in [6.45, 7) is 8.35. The third kappa shape index (κ3) is 8.37. The van der Waals surface area contributed by atoms with E-state index in [-0.39, 0.29) is 24.2 Å². The van der Waals surface area contributed by atoms with Crippen LogP contribution in [0, 0.1) is 0 Å². The molecule has 0 saturated carbocycles. The number of carbonyl (C=O) groups is 2. The fraction of sp³-hybridized carbons (Fsp3) is 0.714. The number of hydrogen-bond acceptors (Lipinski definition) is 6. The molecule has 0 aromatic carbocycles. The maximum atomic E-state index is 12.1. The summed E-state index contributed by atoms with van der Waals surface area (Å²) in [6, 6.07) is -0.478. The molecule has 6 nitrogen and oxygen atoms in total. The van der Waals surface area contributed by atoms with Gasteiger partial charge >= 0.3 is 5.97 Å². The number of allylic oxidation sites excluding steroid dienone is 3. The van der Waals surface area contributed by atoms with Crippen LogP contribution in [-0.2, 0) is 14.3 Å². The minimum Gasteiger partial charge on any atom is -0.459 e. The average molecular weight is 414 g/mol. The van der Waals surface area contributed by atoms with Gasteiger partial charge in [-0.1, -0.05) is 56.7 Å². The van der Waals surface area contributed by atoms with Crippen molar-refractivity contribution in [3.8, 4) is 0 Å². The van der Waals surface area contributed by atoms with E-state index >= 15 is 0 Å². The number of thioether (sulfide) groups is 1. The molecule has 160 valence electrons. The predicted molar refractivity (Wildman–Crippen MR) is 113 cm³/mol. The van der Waals surface area contributed by atoms with Crippen molar-refractivity contribution in [1.82, 2.24) is 5.32 Å². The minimum atomic E-state index is -1.48. The molecule has 2 heterocycles. The second kappa shape index (κ2) is 13.0. The standard InChI is InChI=1S/C19H29NO5S.C2H6/c1-3-4-5-6-7-8-14(2)11-17(21)25-15-9-10-24-19(23,12-15)16-13-26-18(22)20-16;1-2/h5-6,11,15-16,23H,3-4,7-10,12-13H2,1-2H3,(H,20,22);1-2H3/b6-5+,14-11-;. The highest BCUT2D eigenvalue weighted by Gasteiger charge is 2.46. The molecular formula is C21H35NO5S. The van der Waals surface area contributed by atoms with Crippen LogP contribution in [0.3, 0.4) is 0 Å². The van der Waals surface area contributed by atoms with Crippen molar-refractivity contribution in [1.29, 1.82) is 0 Å². The Morgan fingerprint density at radius 1 is 1.39 bits per heavy atom. The summed E-state index contributed by atoms with van der Waals surface area (Å²) in [5.74, 6) is -1.43. The van der Waals surface area contributed by atoms with Gasteiger partial charge in [0.05, 0.1) is 12.6 Å². The van der Waals surface area contributed by atoms with Gasteiger partial charge in [0.2, 0.25) is 0 Å². The van der Waals surface area contributed by atoms with Crippen molar-refractivity contribution in [2.75, 3.05) is 12.4 Å². The highest BCUT2D eigenvalue weighted by molar-refractivity contribution is 8.14. The summed E-state index contributed by atoms with van der Waals surface area (Å²) in [5, 5.41) is 13.2. The van der Waals surface area contributed by atoms with E-state index in [1.54, 1.807) is 0 Å². The molecule has 0 bridgehead atoms.